The van der Waals surface area contributed by atoms with Gasteiger partial charge < -0.3 is 4.72 Å². The Hall–Kier alpha value is -1.60. The number of hydrogen-bond acceptors (Lipinski definition) is 2. The number of benzene rings is 1. The van der Waals surface area contributed by atoms with E-state index in [1.165, 1.54) is 0 Å². The highest BCUT2D eigenvalue weighted by Gasteiger charge is 2.24. The quantitative estimate of drug-likeness (QED) is 0.888. The molecule has 0 radical (unpaired) electrons. The molecule has 3 nitrogen and oxygen atoms in total. The summed E-state index contributed by atoms with van der Waals surface area (Å²) < 4.78 is 14.8. The standard InChI is InChI=1S/C14H16N2OS/c1-14(2,3)18(17)16-13-8-7-11-10(9-15)5-4-6-12(11)13/h4-6,8,16H,7H2,1-3H3. The van der Waals surface area contributed by atoms with E-state index in [0.717, 1.165) is 23.2 Å². The molecule has 0 aliphatic heterocycles. The lowest BCUT2D eigenvalue weighted by Crippen LogP contribution is -2.32. The van der Waals surface area contributed by atoms with Crippen molar-refractivity contribution in [2.24, 2.45) is 0 Å². The van der Waals surface area contributed by atoms with Gasteiger partial charge in [-0.1, -0.05) is 18.2 Å². The van der Waals surface area contributed by atoms with Crippen LogP contribution in [0.15, 0.2) is 24.3 Å². The lowest BCUT2D eigenvalue weighted by molar-refractivity contribution is 0.645. The SMILES string of the molecule is CC(C)(C)S(=O)NC1=CCc2c(C#N)cccc21. The predicted molar refractivity (Wildman–Crippen MR) is 73.9 cm³/mol. The third-order valence-electron chi connectivity index (χ3n) is 2.86. The van der Waals surface area contributed by atoms with Crippen molar-refractivity contribution in [1.82, 2.24) is 4.72 Å². The smallest absolute Gasteiger partial charge is 0.122 e. The van der Waals surface area contributed by atoms with Gasteiger partial charge in [0.1, 0.15) is 11.0 Å². The van der Waals surface area contributed by atoms with E-state index in [1.54, 1.807) is 0 Å². The van der Waals surface area contributed by atoms with Crippen molar-refractivity contribution in [1.29, 1.82) is 5.26 Å². The summed E-state index contributed by atoms with van der Waals surface area (Å²) in [6.45, 7) is 5.79. The van der Waals surface area contributed by atoms with Crippen LogP contribution in [0.2, 0.25) is 0 Å². The van der Waals surface area contributed by atoms with Crippen LogP contribution in [-0.2, 0) is 17.4 Å². The number of nitrogens with zero attached hydrogens (tertiary/aromatic N) is 1. The summed E-state index contributed by atoms with van der Waals surface area (Å²) in [5.41, 5.74) is 3.58. The normalized spacial score (nSPS) is 15.6. The lowest BCUT2D eigenvalue weighted by atomic mass is 10.0. The average Bonchev–Trinajstić information content (AvgIpc) is 2.71. The van der Waals surface area contributed by atoms with Crippen molar-refractivity contribution < 1.29 is 4.21 Å². The van der Waals surface area contributed by atoms with Gasteiger partial charge in [-0.15, -0.1) is 0 Å². The highest BCUT2D eigenvalue weighted by atomic mass is 32.2. The first-order valence-electron chi connectivity index (χ1n) is 5.84. The number of nitrogens with one attached hydrogen (secondary N) is 1. The molecule has 0 spiro atoms. The lowest BCUT2D eigenvalue weighted by Gasteiger charge is -2.19. The van der Waals surface area contributed by atoms with Crippen molar-refractivity contribution >= 4 is 16.7 Å². The van der Waals surface area contributed by atoms with E-state index < -0.39 is 11.0 Å². The zero-order chi connectivity index (χ0) is 13.3. The molecule has 1 aliphatic carbocycles. The largest absolute Gasteiger partial charge is 0.304 e. The molecular weight excluding hydrogens is 244 g/mol. The van der Waals surface area contributed by atoms with Crippen LogP contribution in [0.3, 0.4) is 0 Å². The second-order valence-corrected chi connectivity index (χ2v) is 7.21. The Morgan fingerprint density at radius 3 is 2.72 bits per heavy atom. The fourth-order valence-electron chi connectivity index (χ4n) is 1.83. The number of fused-ring (bicyclic) bond motifs is 1. The van der Waals surface area contributed by atoms with Crippen LogP contribution in [0.25, 0.3) is 5.70 Å². The Morgan fingerprint density at radius 2 is 2.11 bits per heavy atom. The Bertz CT molecular complexity index is 576. The maximum atomic E-state index is 12.1. The van der Waals surface area contributed by atoms with Crippen molar-refractivity contribution in [3.05, 3.63) is 41.0 Å². The second kappa shape index (κ2) is 4.58. The van der Waals surface area contributed by atoms with Gasteiger partial charge in [0.05, 0.1) is 22.1 Å². The van der Waals surface area contributed by atoms with Gasteiger partial charge in [-0.3, -0.25) is 0 Å². The summed E-state index contributed by atoms with van der Waals surface area (Å²) in [4.78, 5) is 0. The van der Waals surface area contributed by atoms with Gasteiger partial charge >= 0.3 is 0 Å². The fraction of sp³-hybridized carbons (Fsp3) is 0.357. The molecule has 0 saturated carbocycles. The van der Waals surface area contributed by atoms with E-state index in [2.05, 4.69) is 10.8 Å². The monoisotopic (exact) mass is 260 g/mol. The van der Waals surface area contributed by atoms with Crippen LogP contribution in [0.1, 0.15) is 37.5 Å². The van der Waals surface area contributed by atoms with Gasteiger partial charge in [-0.25, -0.2) is 4.21 Å². The van der Waals surface area contributed by atoms with Crippen LogP contribution in [-0.4, -0.2) is 8.96 Å². The van der Waals surface area contributed by atoms with Gasteiger partial charge in [-0.05, 0) is 38.8 Å². The van der Waals surface area contributed by atoms with Crippen molar-refractivity contribution in [3.63, 3.8) is 0 Å². The maximum absolute atomic E-state index is 12.1. The maximum Gasteiger partial charge on any atom is 0.122 e. The van der Waals surface area contributed by atoms with Gasteiger partial charge in [0, 0.05) is 5.56 Å². The number of allylic oxidation sites excluding steroid dienone is 1. The molecule has 0 amide bonds. The van der Waals surface area contributed by atoms with Crippen molar-refractivity contribution in [2.75, 3.05) is 0 Å². The minimum absolute atomic E-state index is 0.309. The van der Waals surface area contributed by atoms with Gasteiger partial charge in [0.2, 0.25) is 0 Å². The van der Waals surface area contributed by atoms with E-state index in [9.17, 15) is 4.21 Å². The van der Waals surface area contributed by atoms with E-state index >= 15 is 0 Å². The topological polar surface area (TPSA) is 52.9 Å². The Morgan fingerprint density at radius 1 is 1.39 bits per heavy atom. The summed E-state index contributed by atoms with van der Waals surface area (Å²) in [5, 5.41) is 9.05. The van der Waals surface area contributed by atoms with E-state index in [1.807, 2.05) is 45.0 Å². The molecule has 0 aromatic heterocycles. The molecular formula is C14H16N2OS. The second-order valence-electron chi connectivity index (χ2n) is 5.25. The molecule has 0 heterocycles. The van der Waals surface area contributed by atoms with Crippen LogP contribution in [0.5, 0.6) is 0 Å². The molecule has 1 aromatic carbocycles. The fourth-order valence-corrected chi connectivity index (χ4v) is 2.53. The highest BCUT2D eigenvalue weighted by Crippen LogP contribution is 2.29. The van der Waals surface area contributed by atoms with Gasteiger partial charge in [0.25, 0.3) is 0 Å². The molecule has 1 N–H and O–H groups in total. The molecule has 0 saturated heterocycles. The first-order chi connectivity index (χ1) is 8.43. The summed E-state index contributed by atoms with van der Waals surface area (Å²) in [6.07, 6.45) is 2.72. The minimum atomic E-state index is -1.14. The number of rotatable bonds is 2. The van der Waals surface area contributed by atoms with Crippen molar-refractivity contribution in [3.8, 4) is 6.07 Å². The Labute approximate surface area is 110 Å². The molecule has 94 valence electrons. The van der Waals surface area contributed by atoms with E-state index in [0.29, 0.717) is 5.56 Å². The first-order valence-corrected chi connectivity index (χ1v) is 6.99. The third kappa shape index (κ3) is 2.32. The molecule has 1 aliphatic rings. The zero-order valence-corrected chi connectivity index (χ0v) is 11.6. The van der Waals surface area contributed by atoms with Crippen LogP contribution < -0.4 is 4.72 Å². The average molecular weight is 260 g/mol. The molecule has 1 atom stereocenters. The molecule has 0 fully saturated rings. The predicted octanol–water partition coefficient (Wildman–Crippen LogP) is 2.51. The molecule has 2 rings (SSSR count). The summed E-state index contributed by atoms with van der Waals surface area (Å²) >= 11 is 0. The molecule has 18 heavy (non-hydrogen) atoms. The summed E-state index contributed by atoms with van der Waals surface area (Å²) in [6, 6.07) is 7.83. The first kappa shape index (κ1) is 12.8. The van der Waals surface area contributed by atoms with Crippen molar-refractivity contribution in [2.45, 2.75) is 31.9 Å². The Balaban J connectivity index is 2.28. The van der Waals surface area contributed by atoms with Gasteiger partial charge in [-0.2, -0.15) is 5.26 Å². The van der Waals surface area contributed by atoms with Crippen LogP contribution >= 0.6 is 0 Å². The van der Waals surface area contributed by atoms with E-state index in [-0.39, 0.29) is 4.75 Å². The highest BCUT2D eigenvalue weighted by molar-refractivity contribution is 7.84. The summed E-state index contributed by atoms with van der Waals surface area (Å²) in [5.74, 6) is 0. The third-order valence-corrected chi connectivity index (χ3v) is 4.37. The molecule has 1 aromatic rings. The summed E-state index contributed by atoms with van der Waals surface area (Å²) in [7, 11) is -1.14. The van der Waals surface area contributed by atoms with Gasteiger partial charge in [0.15, 0.2) is 0 Å². The zero-order valence-electron chi connectivity index (χ0n) is 10.8. The van der Waals surface area contributed by atoms with E-state index in [4.69, 9.17) is 5.26 Å². The molecule has 1 unspecified atom stereocenters. The van der Waals surface area contributed by atoms with Crippen LogP contribution in [0.4, 0.5) is 0 Å². The Kier molecular flexibility index (Phi) is 3.27. The van der Waals surface area contributed by atoms with Crippen LogP contribution in [0, 0.1) is 11.3 Å². The number of hydrogen-bond donors (Lipinski definition) is 1. The molecule has 4 heteroatoms. The minimum Gasteiger partial charge on any atom is -0.304 e. The number of nitriles is 1. The molecule has 0 bridgehead atoms.